The number of pyridine rings is 1. The van der Waals surface area contributed by atoms with Crippen molar-refractivity contribution in [3.8, 4) is 5.82 Å². The first-order valence-electron chi connectivity index (χ1n) is 12.7. The first kappa shape index (κ1) is 23.7. The maximum Gasteiger partial charge on any atom is 0.338 e. The second kappa shape index (κ2) is 9.31. The maximum absolute atomic E-state index is 13.1. The van der Waals surface area contributed by atoms with Crippen LogP contribution in [0.5, 0.6) is 0 Å². The van der Waals surface area contributed by atoms with Crippen molar-refractivity contribution in [3.05, 3.63) is 64.6 Å². The summed E-state index contributed by atoms with van der Waals surface area (Å²) < 4.78 is 6.60. The third-order valence-electron chi connectivity index (χ3n) is 8.31. The lowest BCUT2D eigenvalue weighted by Gasteiger charge is -2.47. The van der Waals surface area contributed by atoms with Crippen LogP contribution < -0.4 is 5.32 Å². The summed E-state index contributed by atoms with van der Waals surface area (Å²) in [6, 6.07) is 7.17. The van der Waals surface area contributed by atoms with E-state index in [1.165, 1.54) is 11.0 Å². The number of likely N-dealkylation sites (tertiary alicyclic amines) is 1. The van der Waals surface area contributed by atoms with E-state index in [1.54, 1.807) is 24.4 Å². The highest BCUT2D eigenvalue weighted by atomic mass is 16.5. The number of benzene rings is 1. The second-order valence-electron chi connectivity index (χ2n) is 10.2. The number of esters is 1. The number of carbonyl (C=O) groups excluding carboxylic acids is 2. The van der Waals surface area contributed by atoms with Gasteiger partial charge in [-0.3, -0.25) is 9.69 Å². The zero-order valence-corrected chi connectivity index (χ0v) is 20.6. The van der Waals surface area contributed by atoms with Gasteiger partial charge < -0.3 is 15.2 Å². The quantitative estimate of drug-likeness (QED) is 0.461. The third kappa shape index (κ3) is 4.27. The fourth-order valence-electron chi connectivity index (χ4n) is 5.87. The Morgan fingerprint density at radius 1 is 1.30 bits per heavy atom. The molecule has 2 aliphatic heterocycles. The Morgan fingerprint density at radius 3 is 2.86 bits per heavy atom. The van der Waals surface area contributed by atoms with Crippen LogP contribution in [0, 0.1) is 12.8 Å². The molecule has 1 aromatic carbocycles. The summed E-state index contributed by atoms with van der Waals surface area (Å²) in [5, 5.41) is 25.4. The Hall–Kier alpha value is -3.70. The molecule has 1 unspecified atom stereocenters. The van der Waals surface area contributed by atoms with Crippen LogP contribution >= 0.6 is 0 Å². The molecule has 2 fully saturated rings. The number of nitrogens with zero attached hydrogens (tertiary/aromatic N) is 6. The molecule has 0 radical (unpaired) electrons. The summed E-state index contributed by atoms with van der Waals surface area (Å²) in [4.78, 5) is 31.4. The molecule has 1 saturated carbocycles. The van der Waals surface area contributed by atoms with E-state index in [0.717, 1.165) is 55.5 Å². The highest BCUT2D eigenvalue weighted by Crippen LogP contribution is 2.43. The molecular weight excluding hydrogens is 474 g/mol. The molecule has 2 atom stereocenters. The molecule has 11 nitrogen and oxygen atoms in total. The van der Waals surface area contributed by atoms with Gasteiger partial charge in [-0.05, 0) is 78.3 Å². The van der Waals surface area contributed by atoms with Crippen LogP contribution in [0.4, 0.5) is 0 Å². The molecule has 192 valence electrons. The number of nitrogens with one attached hydrogen (secondary N) is 1. The maximum atomic E-state index is 13.1. The number of aromatic nitrogens is 5. The Kier molecular flexibility index (Phi) is 5.96. The van der Waals surface area contributed by atoms with Gasteiger partial charge in [0.05, 0.1) is 11.1 Å². The van der Waals surface area contributed by atoms with Gasteiger partial charge in [-0.1, -0.05) is 6.07 Å². The van der Waals surface area contributed by atoms with E-state index < -0.39 is 6.23 Å². The summed E-state index contributed by atoms with van der Waals surface area (Å²) >= 11 is 0. The van der Waals surface area contributed by atoms with Gasteiger partial charge in [-0.15, -0.1) is 5.10 Å². The number of amides is 1. The molecule has 1 amide bonds. The number of aliphatic hydroxyl groups excluding tert-OH is 1. The predicted molar refractivity (Wildman–Crippen MR) is 131 cm³/mol. The van der Waals surface area contributed by atoms with Crippen molar-refractivity contribution in [2.75, 3.05) is 13.1 Å². The Labute approximate surface area is 213 Å². The minimum atomic E-state index is -0.629. The lowest BCUT2D eigenvalue weighted by molar-refractivity contribution is 0.0103. The number of hydrogen-bond acceptors (Lipinski definition) is 9. The molecule has 2 aromatic heterocycles. The molecule has 6 rings (SSSR count). The second-order valence-corrected chi connectivity index (χ2v) is 10.2. The van der Waals surface area contributed by atoms with Gasteiger partial charge in [0.25, 0.3) is 5.91 Å². The van der Waals surface area contributed by atoms with Crippen LogP contribution in [-0.4, -0.2) is 71.9 Å². The van der Waals surface area contributed by atoms with Crippen molar-refractivity contribution in [2.24, 2.45) is 5.92 Å². The Morgan fingerprint density at radius 2 is 2.16 bits per heavy atom. The highest BCUT2D eigenvalue weighted by Gasteiger charge is 2.48. The minimum absolute atomic E-state index is 0.139. The number of tetrazole rings is 1. The monoisotopic (exact) mass is 503 g/mol. The molecule has 4 heterocycles. The number of hydrogen-bond donors (Lipinski definition) is 2. The van der Waals surface area contributed by atoms with Gasteiger partial charge in [0.1, 0.15) is 19.2 Å². The molecule has 11 heteroatoms. The van der Waals surface area contributed by atoms with Gasteiger partial charge in [0.2, 0.25) is 0 Å². The molecule has 1 aliphatic carbocycles. The molecular formula is C26H29N7O4. The van der Waals surface area contributed by atoms with Crippen molar-refractivity contribution < 1.29 is 19.4 Å². The Bertz CT molecular complexity index is 1320. The summed E-state index contributed by atoms with van der Waals surface area (Å²) in [5.74, 6) is 0.387. The van der Waals surface area contributed by atoms with Crippen LogP contribution in [0.25, 0.3) is 5.82 Å². The number of rotatable bonds is 7. The average Bonchev–Trinajstić information content (AvgIpc) is 3.65. The lowest BCUT2D eigenvalue weighted by atomic mass is 9.67. The lowest BCUT2D eigenvalue weighted by Crippen LogP contribution is -2.59. The van der Waals surface area contributed by atoms with Gasteiger partial charge in [0, 0.05) is 36.8 Å². The van der Waals surface area contributed by atoms with Crippen LogP contribution in [0.15, 0.2) is 36.8 Å². The van der Waals surface area contributed by atoms with Gasteiger partial charge in [-0.25, -0.2) is 9.78 Å². The summed E-state index contributed by atoms with van der Waals surface area (Å²) in [6.07, 6.45) is 6.70. The van der Waals surface area contributed by atoms with Crippen molar-refractivity contribution in [1.82, 2.24) is 35.4 Å². The smallest absolute Gasteiger partial charge is 0.338 e. The van der Waals surface area contributed by atoms with Crippen molar-refractivity contribution in [2.45, 2.75) is 57.4 Å². The molecule has 1 saturated heterocycles. The average molecular weight is 504 g/mol. The number of ether oxygens (including phenoxy) is 1. The van der Waals surface area contributed by atoms with Gasteiger partial charge >= 0.3 is 5.97 Å². The summed E-state index contributed by atoms with van der Waals surface area (Å²) in [7, 11) is 0. The topological polar surface area (TPSA) is 135 Å². The van der Waals surface area contributed by atoms with Gasteiger partial charge in [0.15, 0.2) is 5.82 Å². The zero-order chi connectivity index (χ0) is 25.6. The molecule has 0 spiro atoms. The minimum Gasteiger partial charge on any atom is -0.457 e. The van der Waals surface area contributed by atoms with Gasteiger partial charge in [-0.2, -0.15) is 4.68 Å². The van der Waals surface area contributed by atoms with Crippen LogP contribution in [0.3, 0.4) is 0 Å². The number of fused-ring (bicyclic) bond motifs is 1. The summed E-state index contributed by atoms with van der Waals surface area (Å²) in [6.45, 7) is 3.79. The van der Waals surface area contributed by atoms with Crippen molar-refractivity contribution in [3.63, 3.8) is 0 Å². The van der Waals surface area contributed by atoms with E-state index in [9.17, 15) is 14.7 Å². The molecule has 3 aromatic rings. The van der Waals surface area contributed by atoms with Crippen LogP contribution in [-0.2, 0) is 17.8 Å². The standard InChI is InChI=1S/C26H29N7O4/c1-16-17(3-5-20-21(16)14-37-25(20)36)11-23(34)32-10-7-19(13-32)26(8-2-9-26)29-24(35)18-4-6-22(27-12-18)33-15-28-30-31-33/h3-6,12,15,19,23,34H,2,7-11,13-14H2,1H3,(H,29,35)/t19?,23-/m1/s1. The zero-order valence-electron chi connectivity index (χ0n) is 20.6. The highest BCUT2D eigenvalue weighted by molar-refractivity contribution is 5.95. The SMILES string of the molecule is Cc1c(C[C@@H](O)N2CCC(C3(NC(=O)c4ccc(-n5cnnn5)nc4)CCC3)C2)ccc2c1COC2=O. The molecule has 37 heavy (non-hydrogen) atoms. The molecule has 2 N–H and O–H groups in total. The summed E-state index contributed by atoms with van der Waals surface area (Å²) in [5.41, 5.74) is 3.82. The van der Waals surface area contributed by atoms with E-state index in [2.05, 4.69) is 30.7 Å². The van der Waals surface area contributed by atoms with Crippen molar-refractivity contribution >= 4 is 11.9 Å². The van der Waals surface area contributed by atoms with Crippen LogP contribution in [0.1, 0.15) is 63.1 Å². The largest absolute Gasteiger partial charge is 0.457 e. The number of carbonyl (C=O) groups is 2. The number of aliphatic hydroxyl groups is 1. The fraction of sp³-hybridized carbons (Fsp3) is 0.462. The first-order chi connectivity index (χ1) is 17.9. The predicted octanol–water partition coefficient (Wildman–Crippen LogP) is 1.57. The van der Waals surface area contributed by atoms with Crippen LogP contribution in [0.2, 0.25) is 0 Å². The number of cyclic esters (lactones) is 1. The van der Waals surface area contributed by atoms with E-state index in [4.69, 9.17) is 4.74 Å². The molecule has 3 aliphatic rings. The van der Waals surface area contributed by atoms with E-state index in [1.807, 2.05) is 13.0 Å². The first-order valence-corrected chi connectivity index (χ1v) is 12.7. The third-order valence-corrected chi connectivity index (χ3v) is 8.31. The van der Waals surface area contributed by atoms with E-state index in [-0.39, 0.29) is 23.3 Å². The van der Waals surface area contributed by atoms with E-state index >= 15 is 0 Å². The molecule has 0 bridgehead atoms. The van der Waals surface area contributed by atoms with Crippen molar-refractivity contribution in [1.29, 1.82) is 0 Å². The Balaban J connectivity index is 1.10. The fourth-order valence-corrected chi connectivity index (χ4v) is 5.87. The normalized spacial score (nSPS) is 21.2. The van der Waals surface area contributed by atoms with E-state index in [0.29, 0.717) is 30.0 Å².